The number of rotatable bonds is 11. The van der Waals surface area contributed by atoms with E-state index in [1.807, 2.05) is 26.0 Å². The Morgan fingerprint density at radius 2 is 1.82 bits per heavy atom. The van der Waals surface area contributed by atoms with Crippen LogP contribution in [-0.2, 0) is 21.3 Å². The SMILES string of the molecule is CCOC(=O)c1sc(NC(=O)CSc2nnc(C(C)Oc3cc(C)ccc3Cl)n2C)c(C(=O)OCC)c1C. The number of carbonyl (C=O) groups is 3. The molecule has 0 aliphatic heterocycles. The van der Waals surface area contributed by atoms with Crippen LogP contribution in [0, 0.1) is 13.8 Å². The predicted molar refractivity (Wildman–Crippen MR) is 147 cm³/mol. The minimum atomic E-state index is -0.625. The number of anilines is 1. The molecule has 0 fully saturated rings. The third-order valence-electron chi connectivity index (χ3n) is 5.30. The summed E-state index contributed by atoms with van der Waals surface area (Å²) in [6.07, 6.45) is -0.447. The molecule has 1 unspecified atom stereocenters. The van der Waals surface area contributed by atoms with E-state index in [1.165, 1.54) is 11.8 Å². The van der Waals surface area contributed by atoms with Crippen LogP contribution in [0.1, 0.15) is 63.9 Å². The van der Waals surface area contributed by atoms with Gasteiger partial charge < -0.3 is 24.1 Å². The third kappa shape index (κ3) is 6.86. The number of esters is 2. The van der Waals surface area contributed by atoms with Crippen molar-refractivity contribution in [3.05, 3.63) is 50.6 Å². The smallest absolute Gasteiger partial charge is 0.348 e. The fourth-order valence-electron chi connectivity index (χ4n) is 3.48. The lowest BCUT2D eigenvalue weighted by atomic mass is 10.1. The van der Waals surface area contributed by atoms with Crippen molar-refractivity contribution in [2.24, 2.45) is 7.05 Å². The first-order valence-electron chi connectivity index (χ1n) is 11.8. The van der Waals surface area contributed by atoms with Gasteiger partial charge in [0.05, 0.1) is 29.6 Å². The molecule has 0 spiro atoms. The molecule has 10 nitrogen and oxygen atoms in total. The predicted octanol–water partition coefficient (Wildman–Crippen LogP) is 5.37. The highest BCUT2D eigenvalue weighted by Gasteiger charge is 2.27. The molecule has 38 heavy (non-hydrogen) atoms. The highest BCUT2D eigenvalue weighted by molar-refractivity contribution is 7.99. The molecule has 0 aliphatic rings. The van der Waals surface area contributed by atoms with E-state index >= 15 is 0 Å². The van der Waals surface area contributed by atoms with Crippen molar-refractivity contribution in [1.29, 1.82) is 0 Å². The average molecular weight is 581 g/mol. The number of hydrogen-bond donors (Lipinski definition) is 1. The van der Waals surface area contributed by atoms with Crippen molar-refractivity contribution in [3.63, 3.8) is 0 Å². The molecule has 3 aromatic rings. The summed E-state index contributed by atoms with van der Waals surface area (Å²) in [6, 6.07) is 5.51. The summed E-state index contributed by atoms with van der Waals surface area (Å²) in [5.74, 6) is -0.494. The molecule has 1 N–H and O–H groups in total. The Labute approximate surface area is 234 Å². The maximum absolute atomic E-state index is 12.8. The molecule has 1 aromatic carbocycles. The number of aromatic nitrogens is 3. The van der Waals surface area contributed by atoms with Crippen LogP contribution in [0.3, 0.4) is 0 Å². The fraction of sp³-hybridized carbons (Fsp3) is 0.400. The van der Waals surface area contributed by atoms with Gasteiger partial charge in [-0.2, -0.15) is 0 Å². The minimum Gasteiger partial charge on any atom is -0.481 e. The van der Waals surface area contributed by atoms with Gasteiger partial charge in [0.15, 0.2) is 17.1 Å². The van der Waals surface area contributed by atoms with Crippen LogP contribution in [0.4, 0.5) is 5.00 Å². The molecule has 13 heteroatoms. The van der Waals surface area contributed by atoms with E-state index in [2.05, 4.69) is 15.5 Å². The maximum Gasteiger partial charge on any atom is 0.348 e. The number of aryl methyl sites for hydroxylation is 1. The molecule has 0 saturated heterocycles. The number of thiophene rings is 1. The summed E-state index contributed by atoms with van der Waals surface area (Å²) in [4.78, 5) is 37.9. The van der Waals surface area contributed by atoms with Crippen LogP contribution in [0.2, 0.25) is 5.02 Å². The van der Waals surface area contributed by atoms with E-state index in [0.29, 0.717) is 27.3 Å². The van der Waals surface area contributed by atoms with E-state index in [-0.39, 0.29) is 34.4 Å². The highest BCUT2D eigenvalue weighted by Crippen LogP contribution is 2.35. The van der Waals surface area contributed by atoms with Gasteiger partial charge in [-0.25, -0.2) is 9.59 Å². The molecule has 0 saturated carbocycles. The van der Waals surface area contributed by atoms with Crippen molar-refractivity contribution in [3.8, 4) is 5.75 Å². The number of nitrogens with one attached hydrogen (secondary N) is 1. The van der Waals surface area contributed by atoms with Crippen molar-refractivity contribution >= 4 is 57.5 Å². The second-order valence-corrected chi connectivity index (χ2v) is 10.5. The first-order valence-corrected chi connectivity index (χ1v) is 14.0. The molecule has 1 atom stereocenters. The van der Waals surface area contributed by atoms with Gasteiger partial charge in [-0.3, -0.25) is 4.79 Å². The first kappa shape index (κ1) is 29.5. The average Bonchev–Trinajstić information content (AvgIpc) is 3.39. The van der Waals surface area contributed by atoms with Crippen LogP contribution in [-0.4, -0.2) is 51.6 Å². The number of thioether (sulfide) groups is 1. The van der Waals surface area contributed by atoms with Crippen LogP contribution >= 0.6 is 34.7 Å². The topological polar surface area (TPSA) is 122 Å². The van der Waals surface area contributed by atoms with Crippen LogP contribution in [0.15, 0.2) is 23.4 Å². The Kier molecular flexibility index (Phi) is 10.2. The van der Waals surface area contributed by atoms with Crippen molar-refractivity contribution in [2.75, 3.05) is 24.3 Å². The molecule has 0 bridgehead atoms. The minimum absolute atomic E-state index is 0.0150. The Hall–Kier alpha value is -3.09. The number of ether oxygens (including phenoxy) is 3. The standard InChI is InChI=1S/C25H29ClN4O6S2/c1-7-34-23(32)19-14(4)20(24(33)35-8-2)38-22(19)27-18(31)12-37-25-29-28-21(30(25)6)15(5)36-17-11-13(3)9-10-16(17)26/h9-11,15H,7-8,12H2,1-6H3,(H,27,31). The molecule has 2 heterocycles. The van der Waals surface area contributed by atoms with Crippen molar-refractivity contribution < 1.29 is 28.6 Å². The largest absolute Gasteiger partial charge is 0.481 e. The summed E-state index contributed by atoms with van der Waals surface area (Å²) < 4.78 is 17.9. The summed E-state index contributed by atoms with van der Waals surface area (Å²) in [5.41, 5.74) is 1.55. The van der Waals surface area contributed by atoms with E-state index < -0.39 is 23.9 Å². The molecular formula is C25H29ClN4O6S2. The summed E-state index contributed by atoms with van der Waals surface area (Å²) >= 11 is 8.39. The molecule has 204 valence electrons. The monoisotopic (exact) mass is 580 g/mol. The Morgan fingerprint density at radius 3 is 2.50 bits per heavy atom. The molecule has 3 rings (SSSR count). The second-order valence-electron chi connectivity index (χ2n) is 8.13. The number of hydrogen-bond acceptors (Lipinski definition) is 10. The van der Waals surface area contributed by atoms with Gasteiger partial charge in [0.1, 0.15) is 15.6 Å². The Bertz CT molecular complexity index is 1340. The van der Waals surface area contributed by atoms with E-state index in [1.54, 1.807) is 38.5 Å². The maximum atomic E-state index is 12.8. The molecule has 1 amide bonds. The van der Waals surface area contributed by atoms with Gasteiger partial charge in [-0.1, -0.05) is 29.4 Å². The van der Waals surface area contributed by atoms with Gasteiger partial charge in [0, 0.05) is 7.05 Å². The van der Waals surface area contributed by atoms with Crippen LogP contribution in [0.5, 0.6) is 5.75 Å². The summed E-state index contributed by atoms with van der Waals surface area (Å²) in [6.45, 7) is 9.10. The van der Waals surface area contributed by atoms with Crippen molar-refractivity contribution in [1.82, 2.24) is 14.8 Å². The lowest BCUT2D eigenvalue weighted by Crippen LogP contribution is -2.17. The van der Waals surface area contributed by atoms with Gasteiger partial charge in [-0.05, 0) is 57.9 Å². The number of halogens is 1. The van der Waals surface area contributed by atoms with Gasteiger partial charge in [0.25, 0.3) is 0 Å². The van der Waals surface area contributed by atoms with Crippen LogP contribution in [0.25, 0.3) is 0 Å². The zero-order chi connectivity index (χ0) is 28.0. The van der Waals surface area contributed by atoms with E-state index in [9.17, 15) is 14.4 Å². The van der Waals surface area contributed by atoms with Crippen LogP contribution < -0.4 is 10.1 Å². The molecular weight excluding hydrogens is 552 g/mol. The molecule has 0 radical (unpaired) electrons. The highest BCUT2D eigenvalue weighted by atomic mass is 35.5. The molecule has 0 aliphatic carbocycles. The molecule has 2 aromatic heterocycles. The number of benzene rings is 1. The lowest BCUT2D eigenvalue weighted by molar-refractivity contribution is -0.113. The number of carbonyl (C=O) groups excluding carboxylic acids is 3. The summed E-state index contributed by atoms with van der Waals surface area (Å²) in [7, 11) is 1.78. The summed E-state index contributed by atoms with van der Waals surface area (Å²) in [5, 5.41) is 12.3. The van der Waals surface area contributed by atoms with Gasteiger partial charge in [-0.15, -0.1) is 21.5 Å². The van der Waals surface area contributed by atoms with Crippen molar-refractivity contribution in [2.45, 2.75) is 45.9 Å². The quantitative estimate of drug-likeness (QED) is 0.235. The normalized spacial score (nSPS) is 11.7. The van der Waals surface area contributed by atoms with E-state index in [4.69, 9.17) is 25.8 Å². The third-order valence-corrected chi connectivity index (χ3v) is 7.81. The Morgan fingerprint density at radius 1 is 1.13 bits per heavy atom. The lowest BCUT2D eigenvalue weighted by Gasteiger charge is -2.15. The van der Waals surface area contributed by atoms with E-state index in [0.717, 1.165) is 16.9 Å². The Balaban J connectivity index is 1.70. The number of nitrogens with zero attached hydrogens (tertiary/aromatic N) is 3. The van der Waals surface area contributed by atoms with Gasteiger partial charge >= 0.3 is 11.9 Å². The zero-order valence-electron chi connectivity index (χ0n) is 21.9. The zero-order valence-corrected chi connectivity index (χ0v) is 24.3. The number of amides is 1. The second kappa shape index (κ2) is 13.1. The first-order chi connectivity index (χ1) is 18.1. The fourth-order valence-corrected chi connectivity index (χ4v) is 5.47. The van der Waals surface area contributed by atoms with Gasteiger partial charge in [0.2, 0.25) is 5.91 Å².